The number of aryl methyl sites for hydroxylation is 2. The quantitative estimate of drug-likeness (QED) is 0.910. The van der Waals surface area contributed by atoms with Gasteiger partial charge in [0.15, 0.2) is 0 Å². The molecule has 2 heterocycles. The highest BCUT2D eigenvalue weighted by Gasteiger charge is 2.29. The predicted molar refractivity (Wildman–Crippen MR) is 79.7 cm³/mol. The molecule has 0 amide bonds. The number of hydrogen-bond acceptors (Lipinski definition) is 4. The summed E-state index contributed by atoms with van der Waals surface area (Å²) < 4.78 is 11.3. The maximum atomic E-state index is 10.4. The first-order chi connectivity index (χ1) is 9.58. The van der Waals surface area contributed by atoms with Crippen LogP contribution in [0.1, 0.15) is 39.5 Å². The van der Waals surface area contributed by atoms with Gasteiger partial charge in [0.2, 0.25) is 0 Å². The lowest BCUT2D eigenvalue weighted by molar-refractivity contribution is 0.0654. The van der Waals surface area contributed by atoms with Crippen LogP contribution in [0.2, 0.25) is 0 Å². The summed E-state index contributed by atoms with van der Waals surface area (Å²) in [6.07, 6.45) is -0.00807. The van der Waals surface area contributed by atoms with Gasteiger partial charge in [0.25, 0.3) is 0 Å². The Morgan fingerprint density at radius 3 is 2.70 bits per heavy atom. The summed E-state index contributed by atoms with van der Waals surface area (Å²) in [5.41, 5.74) is 2.00. The normalized spacial score (nSPS) is 21.2. The maximum Gasteiger partial charge on any atom is 0.128 e. The van der Waals surface area contributed by atoms with E-state index in [0.717, 1.165) is 17.1 Å². The molecule has 3 rings (SSSR count). The number of aliphatic hydroxyl groups is 1. The molecule has 0 saturated heterocycles. The predicted octanol–water partition coefficient (Wildman–Crippen LogP) is 3.93. The van der Waals surface area contributed by atoms with E-state index in [0.29, 0.717) is 6.42 Å². The molecule has 106 valence electrons. The van der Waals surface area contributed by atoms with Crippen LogP contribution >= 0.6 is 11.3 Å². The van der Waals surface area contributed by atoms with E-state index in [9.17, 15) is 5.11 Å². The molecular weight excluding hydrogens is 272 g/mol. The van der Waals surface area contributed by atoms with E-state index in [1.54, 1.807) is 18.4 Å². The average Bonchev–Trinajstić information content (AvgIpc) is 2.77. The Labute approximate surface area is 122 Å². The Balaban J connectivity index is 1.94. The minimum Gasteiger partial charge on any atom is -0.497 e. The van der Waals surface area contributed by atoms with E-state index in [2.05, 4.69) is 19.9 Å². The monoisotopic (exact) mass is 290 g/mol. The molecule has 1 aliphatic rings. The zero-order valence-electron chi connectivity index (χ0n) is 11.8. The third-order valence-electron chi connectivity index (χ3n) is 3.71. The van der Waals surface area contributed by atoms with Crippen molar-refractivity contribution in [1.82, 2.24) is 0 Å². The van der Waals surface area contributed by atoms with Gasteiger partial charge in [-0.15, -0.1) is 11.3 Å². The molecule has 2 atom stereocenters. The Morgan fingerprint density at radius 2 is 2.05 bits per heavy atom. The molecule has 2 unspecified atom stereocenters. The summed E-state index contributed by atoms with van der Waals surface area (Å²) in [5.74, 6) is 1.49. The molecule has 0 aliphatic carbocycles. The highest BCUT2D eigenvalue weighted by molar-refractivity contribution is 7.12. The van der Waals surface area contributed by atoms with Crippen LogP contribution in [-0.4, -0.2) is 12.2 Å². The summed E-state index contributed by atoms with van der Waals surface area (Å²) in [6.45, 7) is 4.20. The van der Waals surface area contributed by atoms with Crippen LogP contribution in [-0.2, 0) is 0 Å². The summed E-state index contributed by atoms with van der Waals surface area (Å²) in [7, 11) is 1.62. The molecule has 0 fully saturated rings. The minimum absolute atomic E-state index is 0.0733. The highest BCUT2D eigenvalue weighted by atomic mass is 32.1. The first kappa shape index (κ1) is 13.5. The number of thiophene rings is 1. The fourth-order valence-electron chi connectivity index (χ4n) is 2.71. The molecule has 0 saturated carbocycles. The van der Waals surface area contributed by atoms with Crippen molar-refractivity contribution in [2.75, 3.05) is 7.11 Å². The number of aliphatic hydroxyl groups excluding tert-OH is 1. The number of rotatable bonds is 2. The molecule has 0 radical (unpaired) electrons. The molecule has 3 nitrogen and oxygen atoms in total. The topological polar surface area (TPSA) is 38.7 Å². The van der Waals surface area contributed by atoms with Gasteiger partial charge in [-0.05, 0) is 38.1 Å². The van der Waals surface area contributed by atoms with Gasteiger partial charge in [0.05, 0.1) is 13.2 Å². The van der Waals surface area contributed by atoms with Crippen molar-refractivity contribution in [3.05, 3.63) is 45.1 Å². The van der Waals surface area contributed by atoms with Crippen LogP contribution in [0.25, 0.3) is 0 Å². The second kappa shape index (κ2) is 5.11. The van der Waals surface area contributed by atoms with Gasteiger partial charge < -0.3 is 14.6 Å². The molecule has 2 aromatic rings. The lowest BCUT2D eigenvalue weighted by Gasteiger charge is -2.30. The molecule has 1 N–H and O–H groups in total. The van der Waals surface area contributed by atoms with Gasteiger partial charge in [-0.2, -0.15) is 0 Å². The number of ether oxygens (including phenoxy) is 2. The fraction of sp³-hybridized carbons (Fsp3) is 0.375. The molecule has 4 heteroatoms. The van der Waals surface area contributed by atoms with Gasteiger partial charge in [0.1, 0.15) is 17.6 Å². The Kier molecular flexibility index (Phi) is 3.44. The van der Waals surface area contributed by atoms with E-state index in [1.807, 2.05) is 18.2 Å². The van der Waals surface area contributed by atoms with Crippen molar-refractivity contribution in [2.45, 2.75) is 32.5 Å². The molecular formula is C16H18O3S. The summed E-state index contributed by atoms with van der Waals surface area (Å²) in [5, 5.41) is 10.4. The van der Waals surface area contributed by atoms with Crippen LogP contribution in [0.3, 0.4) is 0 Å². The molecule has 20 heavy (non-hydrogen) atoms. The smallest absolute Gasteiger partial charge is 0.128 e. The van der Waals surface area contributed by atoms with Gasteiger partial charge in [-0.3, -0.25) is 0 Å². The molecule has 1 aromatic heterocycles. The molecule has 1 aromatic carbocycles. The van der Waals surface area contributed by atoms with E-state index in [-0.39, 0.29) is 6.10 Å². The second-order valence-electron chi connectivity index (χ2n) is 5.13. The second-order valence-corrected chi connectivity index (χ2v) is 6.59. The largest absolute Gasteiger partial charge is 0.497 e. The van der Waals surface area contributed by atoms with Crippen molar-refractivity contribution in [3.8, 4) is 11.5 Å². The molecule has 0 spiro atoms. The van der Waals surface area contributed by atoms with Crippen molar-refractivity contribution in [1.29, 1.82) is 0 Å². The third-order valence-corrected chi connectivity index (χ3v) is 4.69. The number of methoxy groups -OCH3 is 1. The summed E-state index contributed by atoms with van der Waals surface area (Å²) in [4.78, 5) is 2.53. The lowest BCUT2D eigenvalue weighted by Crippen LogP contribution is -2.19. The molecule has 1 aliphatic heterocycles. The van der Waals surface area contributed by atoms with E-state index >= 15 is 0 Å². The lowest BCUT2D eigenvalue weighted by atomic mass is 9.95. The number of hydrogen-bond donors (Lipinski definition) is 1. The Bertz CT molecular complexity index is 633. The van der Waals surface area contributed by atoms with Crippen LogP contribution in [0.4, 0.5) is 0 Å². The third kappa shape index (κ3) is 2.30. The highest BCUT2D eigenvalue weighted by Crippen LogP contribution is 2.43. The minimum atomic E-state index is -0.515. The van der Waals surface area contributed by atoms with Crippen LogP contribution in [0, 0.1) is 13.8 Å². The summed E-state index contributed by atoms with van der Waals surface area (Å²) >= 11 is 1.77. The Hall–Kier alpha value is -1.52. The summed E-state index contributed by atoms with van der Waals surface area (Å²) in [6, 6.07) is 7.74. The van der Waals surface area contributed by atoms with Crippen LogP contribution < -0.4 is 9.47 Å². The van der Waals surface area contributed by atoms with E-state index < -0.39 is 6.10 Å². The van der Waals surface area contributed by atoms with Gasteiger partial charge in [-0.25, -0.2) is 0 Å². The van der Waals surface area contributed by atoms with E-state index in [4.69, 9.17) is 9.47 Å². The van der Waals surface area contributed by atoms with Crippen LogP contribution in [0.5, 0.6) is 11.5 Å². The zero-order valence-corrected chi connectivity index (χ0v) is 12.7. The number of fused-ring (bicyclic) bond motifs is 1. The van der Waals surface area contributed by atoms with Crippen molar-refractivity contribution in [3.63, 3.8) is 0 Å². The first-order valence-corrected chi connectivity index (χ1v) is 7.49. The Morgan fingerprint density at radius 1 is 1.25 bits per heavy atom. The number of benzene rings is 1. The van der Waals surface area contributed by atoms with Gasteiger partial charge >= 0.3 is 0 Å². The molecule has 0 bridgehead atoms. The first-order valence-electron chi connectivity index (χ1n) is 6.68. The van der Waals surface area contributed by atoms with Gasteiger partial charge in [-0.1, -0.05) is 0 Å². The zero-order chi connectivity index (χ0) is 14.3. The van der Waals surface area contributed by atoms with Crippen molar-refractivity contribution >= 4 is 11.3 Å². The van der Waals surface area contributed by atoms with Gasteiger partial charge in [0, 0.05) is 27.3 Å². The van der Waals surface area contributed by atoms with E-state index in [1.165, 1.54) is 15.3 Å². The fourth-order valence-corrected chi connectivity index (χ4v) is 3.69. The SMILES string of the molecule is COc1ccc2c(c1)C(O)CC(c1cc(C)sc1C)O2. The van der Waals surface area contributed by atoms with Crippen LogP contribution in [0.15, 0.2) is 24.3 Å². The van der Waals surface area contributed by atoms with Crippen molar-refractivity contribution in [2.24, 2.45) is 0 Å². The standard InChI is InChI=1S/C16H18O3S/c1-9-6-12(10(2)20-9)16-8-14(17)13-7-11(18-3)4-5-15(13)19-16/h4-7,14,16-17H,8H2,1-3H3. The van der Waals surface area contributed by atoms with Crippen molar-refractivity contribution < 1.29 is 14.6 Å². The average molecular weight is 290 g/mol. The maximum absolute atomic E-state index is 10.4.